The van der Waals surface area contributed by atoms with E-state index < -0.39 is 0 Å². The van der Waals surface area contributed by atoms with Gasteiger partial charge < -0.3 is 15.0 Å². The van der Waals surface area contributed by atoms with Crippen molar-refractivity contribution in [2.45, 2.75) is 18.8 Å². The zero-order valence-corrected chi connectivity index (χ0v) is 14.5. The lowest BCUT2D eigenvalue weighted by atomic mass is 9.96. The highest BCUT2D eigenvalue weighted by Crippen LogP contribution is 2.46. The van der Waals surface area contributed by atoms with Crippen molar-refractivity contribution in [2.75, 3.05) is 25.5 Å². The van der Waals surface area contributed by atoms with Gasteiger partial charge in [-0.15, -0.1) is 0 Å². The lowest BCUT2D eigenvalue weighted by molar-refractivity contribution is 0.218. The monoisotopic (exact) mass is 336 g/mol. The fourth-order valence-electron chi connectivity index (χ4n) is 4.34. The molecule has 25 heavy (non-hydrogen) atoms. The minimum absolute atomic E-state index is 0.0100. The molecule has 130 valence electrons. The van der Waals surface area contributed by atoms with Crippen LogP contribution in [0, 0.1) is 11.8 Å². The number of urea groups is 1. The molecule has 1 aliphatic heterocycles. The third-order valence-electron chi connectivity index (χ3n) is 5.65. The van der Waals surface area contributed by atoms with Crippen molar-refractivity contribution in [3.8, 4) is 5.75 Å². The fraction of sp³-hybridized carbons (Fsp3) is 0.381. The lowest BCUT2D eigenvalue weighted by Crippen LogP contribution is -2.33. The molecule has 1 aliphatic carbocycles. The van der Waals surface area contributed by atoms with E-state index in [1.54, 1.807) is 7.11 Å². The summed E-state index contributed by atoms with van der Waals surface area (Å²) in [5.41, 5.74) is 2.26. The van der Waals surface area contributed by atoms with Gasteiger partial charge in [-0.05, 0) is 60.4 Å². The van der Waals surface area contributed by atoms with Crippen LogP contribution in [0.1, 0.15) is 24.3 Å². The molecule has 2 unspecified atom stereocenters. The van der Waals surface area contributed by atoms with E-state index in [0.717, 1.165) is 24.5 Å². The quantitative estimate of drug-likeness (QED) is 0.905. The van der Waals surface area contributed by atoms with Gasteiger partial charge in [0.25, 0.3) is 0 Å². The van der Waals surface area contributed by atoms with E-state index in [1.807, 2.05) is 29.2 Å². The highest BCUT2D eigenvalue weighted by molar-refractivity contribution is 5.89. The van der Waals surface area contributed by atoms with Crippen LogP contribution in [0.4, 0.5) is 10.5 Å². The number of hydrogen-bond donors (Lipinski definition) is 1. The molecule has 1 heterocycles. The maximum atomic E-state index is 12.5. The molecule has 2 atom stereocenters. The molecule has 4 nitrogen and oxygen atoms in total. The number of benzene rings is 2. The molecule has 2 amide bonds. The third-order valence-corrected chi connectivity index (χ3v) is 5.65. The molecule has 1 saturated heterocycles. The molecule has 2 aromatic rings. The van der Waals surface area contributed by atoms with Crippen LogP contribution in [0.15, 0.2) is 54.6 Å². The van der Waals surface area contributed by atoms with Crippen molar-refractivity contribution in [1.82, 2.24) is 4.90 Å². The molecule has 2 aliphatic rings. The number of hydrogen-bond acceptors (Lipinski definition) is 2. The Morgan fingerprint density at radius 3 is 2.24 bits per heavy atom. The number of methoxy groups -OCH3 is 1. The Bertz CT molecular complexity index is 715. The van der Waals surface area contributed by atoms with Crippen molar-refractivity contribution < 1.29 is 9.53 Å². The minimum atomic E-state index is 0.0100. The van der Waals surface area contributed by atoms with Gasteiger partial charge in [0, 0.05) is 18.8 Å². The molecule has 4 rings (SSSR count). The second-order valence-electron chi connectivity index (χ2n) is 7.16. The van der Waals surface area contributed by atoms with E-state index in [0.29, 0.717) is 17.8 Å². The van der Waals surface area contributed by atoms with Gasteiger partial charge in [0.05, 0.1) is 7.11 Å². The van der Waals surface area contributed by atoms with E-state index in [-0.39, 0.29) is 6.03 Å². The van der Waals surface area contributed by atoms with Crippen molar-refractivity contribution in [1.29, 1.82) is 0 Å². The predicted octanol–water partition coefficient (Wildman–Crippen LogP) is 4.35. The first-order valence-electron chi connectivity index (χ1n) is 8.98. The summed E-state index contributed by atoms with van der Waals surface area (Å²) < 4.78 is 5.15. The SMILES string of the molecule is COc1ccc(NC(=O)N2CC3CC(c4ccccc4)CC3C2)cc1. The fourth-order valence-corrected chi connectivity index (χ4v) is 4.34. The number of nitrogens with one attached hydrogen (secondary N) is 1. The second kappa shape index (κ2) is 6.79. The van der Waals surface area contributed by atoms with Gasteiger partial charge in [-0.2, -0.15) is 0 Å². The molecule has 0 spiro atoms. The van der Waals surface area contributed by atoms with E-state index in [4.69, 9.17) is 4.74 Å². The van der Waals surface area contributed by atoms with E-state index >= 15 is 0 Å². The molecule has 1 N–H and O–H groups in total. The van der Waals surface area contributed by atoms with Crippen LogP contribution in [-0.2, 0) is 0 Å². The molecular weight excluding hydrogens is 312 g/mol. The van der Waals surface area contributed by atoms with E-state index in [2.05, 4.69) is 35.6 Å². The smallest absolute Gasteiger partial charge is 0.321 e. The van der Waals surface area contributed by atoms with Crippen LogP contribution < -0.4 is 10.1 Å². The molecule has 4 heteroatoms. The van der Waals surface area contributed by atoms with Gasteiger partial charge in [-0.25, -0.2) is 4.79 Å². The highest BCUT2D eigenvalue weighted by atomic mass is 16.5. The van der Waals surface area contributed by atoms with Crippen molar-refractivity contribution in [3.05, 3.63) is 60.2 Å². The molecule has 2 fully saturated rings. The number of carbonyl (C=O) groups excluding carboxylic acids is 1. The average Bonchev–Trinajstić information content (AvgIpc) is 3.22. The molecule has 0 radical (unpaired) electrons. The summed E-state index contributed by atoms with van der Waals surface area (Å²) in [7, 11) is 1.64. The Labute approximate surface area is 148 Å². The number of ether oxygens (including phenoxy) is 1. The largest absolute Gasteiger partial charge is 0.497 e. The number of amides is 2. The summed E-state index contributed by atoms with van der Waals surface area (Å²) in [6.07, 6.45) is 2.39. The summed E-state index contributed by atoms with van der Waals surface area (Å²) in [5, 5.41) is 3.00. The zero-order chi connectivity index (χ0) is 17.2. The molecule has 0 aromatic heterocycles. The maximum Gasteiger partial charge on any atom is 0.321 e. The summed E-state index contributed by atoms with van der Waals surface area (Å²) in [4.78, 5) is 14.5. The van der Waals surface area contributed by atoms with Crippen LogP contribution in [-0.4, -0.2) is 31.1 Å². The van der Waals surface area contributed by atoms with E-state index in [1.165, 1.54) is 18.4 Å². The van der Waals surface area contributed by atoms with Crippen LogP contribution in [0.5, 0.6) is 5.75 Å². The number of carbonyl (C=O) groups is 1. The van der Waals surface area contributed by atoms with Gasteiger partial charge in [0.1, 0.15) is 5.75 Å². The molecule has 2 aromatic carbocycles. The van der Waals surface area contributed by atoms with Crippen LogP contribution >= 0.6 is 0 Å². The van der Waals surface area contributed by atoms with Crippen LogP contribution in [0.25, 0.3) is 0 Å². The Morgan fingerprint density at radius 2 is 1.64 bits per heavy atom. The van der Waals surface area contributed by atoms with Crippen LogP contribution in [0.3, 0.4) is 0 Å². The summed E-state index contributed by atoms with van der Waals surface area (Å²) >= 11 is 0. The first-order chi connectivity index (χ1) is 12.2. The second-order valence-corrected chi connectivity index (χ2v) is 7.16. The average molecular weight is 336 g/mol. The number of likely N-dealkylation sites (tertiary alicyclic amines) is 1. The third kappa shape index (κ3) is 3.34. The van der Waals surface area contributed by atoms with Gasteiger partial charge in [-0.3, -0.25) is 0 Å². The standard InChI is InChI=1S/C21H24N2O2/c1-25-20-9-7-19(8-10-20)22-21(24)23-13-17-11-16(12-18(17)14-23)15-5-3-2-4-6-15/h2-10,16-18H,11-14H2,1H3,(H,22,24). The number of nitrogens with zero attached hydrogens (tertiary/aromatic N) is 1. The zero-order valence-electron chi connectivity index (χ0n) is 14.5. The Morgan fingerprint density at radius 1 is 1.00 bits per heavy atom. The van der Waals surface area contributed by atoms with E-state index in [9.17, 15) is 4.79 Å². The summed E-state index contributed by atoms with van der Waals surface area (Å²) in [6, 6.07) is 18.3. The van der Waals surface area contributed by atoms with Gasteiger partial charge in [0.15, 0.2) is 0 Å². The number of rotatable bonds is 3. The van der Waals surface area contributed by atoms with Gasteiger partial charge >= 0.3 is 6.03 Å². The summed E-state index contributed by atoms with van der Waals surface area (Å²) in [5.74, 6) is 2.71. The molecule has 0 bridgehead atoms. The van der Waals surface area contributed by atoms with Crippen LogP contribution in [0.2, 0.25) is 0 Å². The number of anilines is 1. The minimum Gasteiger partial charge on any atom is -0.497 e. The topological polar surface area (TPSA) is 41.6 Å². The predicted molar refractivity (Wildman–Crippen MR) is 99.0 cm³/mol. The maximum absolute atomic E-state index is 12.5. The molecule has 1 saturated carbocycles. The summed E-state index contributed by atoms with van der Waals surface area (Å²) in [6.45, 7) is 1.74. The first-order valence-corrected chi connectivity index (χ1v) is 8.98. The lowest BCUT2D eigenvalue weighted by Gasteiger charge is -2.20. The normalized spacial score (nSPS) is 24.8. The Hall–Kier alpha value is -2.49. The highest BCUT2D eigenvalue weighted by Gasteiger charge is 2.42. The van der Waals surface area contributed by atoms with Crippen molar-refractivity contribution in [2.24, 2.45) is 11.8 Å². The first kappa shape index (κ1) is 16.0. The Balaban J connectivity index is 1.34. The Kier molecular flexibility index (Phi) is 4.35. The number of fused-ring (bicyclic) bond motifs is 1. The van der Waals surface area contributed by atoms with Gasteiger partial charge in [0.2, 0.25) is 0 Å². The molecular formula is C21H24N2O2. The van der Waals surface area contributed by atoms with Gasteiger partial charge in [-0.1, -0.05) is 30.3 Å². The van der Waals surface area contributed by atoms with Crippen molar-refractivity contribution >= 4 is 11.7 Å². The van der Waals surface area contributed by atoms with Crippen molar-refractivity contribution in [3.63, 3.8) is 0 Å².